The van der Waals surface area contributed by atoms with Crippen LogP contribution < -0.4 is 0 Å². The Labute approximate surface area is 92.0 Å². The van der Waals surface area contributed by atoms with Crippen molar-refractivity contribution in [2.24, 2.45) is 10.8 Å². The van der Waals surface area contributed by atoms with Crippen LogP contribution in [0.1, 0.15) is 44.9 Å². The lowest BCUT2D eigenvalue weighted by Crippen LogP contribution is -2.51. The molecule has 4 fully saturated rings. The monoisotopic (exact) mass is 207 g/mol. The molecule has 0 spiro atoms. The van der Waals surface area contributed by atoms with Crippen LogP contribution >= 0.6 is 0 Å². The van der Waals surface area contributed by atoms with Crippen LogP contribution in [0.4, 0.5) is 0 Å². The highest BCUT2D eigenvalue weighted by molar-refractivity contribution is 5.60. The minimum Gasteiger partial charge on any atom is -0.303 e. The molecule has 0 aromatic carbocycles. The third kappa shape index (κ3) is 1.54. The molecule has 3 saturated carbocycles. The average molecular weight is 207 g/mol. The van der Waals surface area contributed by atoms with Crippen molar-refractivity contribution in [3.05, 3.63) is 0 Å². The van der Waals surface area contributed by atoms with E-state index in [0.717, 1.165) is 0 Å². The Balaban J connectivity index is 1.67. The van der Waals surface area contributed by atoms with E-state index in [1.807, 2.05) is 0 Å². The number of carbonyl (C=O) groups is 1. The van der Waals surface area contributed by atoms with Crippen molar-refractivity contribution >= 4 is 6.29 Å². The quantitative estimate of drug-likeness (QED) is 0.661. The predicted octanol–water partition coefficient (Wildman–Crippen LogP) is 2.23. The van der Waals surface area contributed by atoms with Gasteiger partial charge in [-0.1, -0.05) is 0 Å². The van der Waals surface area contributed by atoms with Crippen molar-refractivity contribution < 1.29 is 4.79 Å². The zero-order valence-corrected chi connectivity index (χ0v) is 9.50. The average Bonchev–Trinajstić information content (AvgIpc) is 2.27. The van der Waals surface area contributed by atoms with Gasteiger partial charge in [0.1, 0.15) is 6.29 Å². The molecule has 1 aliphatic heterocycles. The van der Waals surface area contributed by atoms with E-state index in [0.29, 0.717) is 5.41 Å². The Hall–Kier alpha value is -0.370. The maximum Gasteiger partial charge on any atom is 0.126 e. The molecule has 1 heterocycles. The minimum absolute atomic E-state index is 0.108. The highest BCUT2D eigenvalue weighted by atomic mass is 16.1. The van der Waals surface area contributed by atoms with Crippen LogP contribution in [0.2, 0.25) is 0 Å². The first-order valence-electron chi connectivity index (χ1n) is 6.45. The number of hydrogen-bond acceptors (Lipinski definition) is 2. The topological polar surface area (TPSA) is 20.3 Å². The van der Waals surface area contributed by atoms with E-state index in [2.05, 4.69) is 4.90 Å². The smallest absolute Gasteiger partial charge is 0.126 e. The van der Waals surface area contributed by atoms with Gasteiger partial charge < -0.3 is 9.69 Å². The number of hydrogen-bond donors (Lipinski definition) is 0. The first kappa shape index (κ1) is 9.83. The lowest BCUT2D eigenvalue weighted by atomic mass is 9.54. The Kier molecular flexibility index (Phi) is 2.17. The molecule has 0 radical (unpaired) electrons. The van der Waals surface area contributed by atoms with Gasteiger partial charge in [-0.2, -0.15) is 0 Å². The summed E-state index contributed by atoms with van der Waals surface area (Å²) < 4.78 is 0. The molecule has 0 aromatic heterocycles. The lowest BCUT2D eigenvalue weighted by molar-refractivity contribution is -0.126. The SMILES string of the molecule is O=CC12CCC(CN3CCC3)(CC1)CC2. The number of aldehydes is 1. The Morgan fingerprint density at radius 3 is 2.00 bits per heavy atom. The summed E-state index contributed by atoms with van der Waals surface area (Å²) in [5.74, 6) is 0. The van der Waals surface area contributed by atoms with Crippen LogP contribution in [0.15, 0.2) is 0 Å². The molecule has 2 bridgehead atoms. The van der Waals surface area contributed by atoms with Crippen molar-refractivity contribution in [2.75, 3.05) is 19.6 Å². The number of carbonyl (C=O) groups excluding carboxylic acids is 1. The third-order valence-electron chi connectivity index (χ3n) is 5.22. The van der Waals surface area contributed by atoms with Crippen molar-refractivity contribution in [1.29, 1.82) is 0 Å². The van der Waals surface area contributed by atoms with E-state index in [-0.39, 0.29) is 5.41 Å². The molecule has 0 aromatic rings. The number of likely N-dealkylation sites (tertiary alicyclic amines) is 1. The standard InChI is InChI=1S/C13H21NO/c15-11-13-5-2-12(3-6-13,4-7-13)10-14-8-1-9-14/h11H,1-10H2. The van der Waals surface area contributed by atoms with Crippen LogP contribution in [0.25, 0.3) is 0 Å². The normalized spacial score (nSPS) is 45.1. The molecule has 2 heteroatoms. The molecule has 15 heavy (non-hydrogen) atoms. The molecular formula is C13H21NO. The summed E-state index contributed by atoms with van der Waals surface area (Å²) in [6.07, 6.45) is 10.1. The van der Waals surface area contributed by atoms with E-state index >= 15 is 0 Å². The second-order valence-electron chi connectivity index (χ2n) is 6.11. The number of fused-ring (bicyclic) bond motifs is 3. The van der Waals surface area contributed by atoms with E-state index in [9.17, 15) is 4.79 Å². The molecule has 4 rings (SSSR count). The van der Waals surface area contributed by atoms with Gasteiger partial charge in [-0.3, -0.25) is 0 Å². The van der Waals surface area contributed by atoms with E-state index < -0.39 is 0 Å². The summed E-state index contributed by atoms with van der Waals surface area (Å²) in [7, 11) is 0. The zero-order chi connectivity index (χ0) is 10.4. The van der Waals surface area contributed by atoms with Gasteiger partial charge >= 0.3 is 0 Å². The summed E-state index contributed by atoms with van der Waals surface area (Å²) in [5.41, 5.74) is 0.710. The molecule has 0 N–H and O–H groups in total. The second kappa shape index (κ2) is 3.31. The molecule has 2 nitrogen and oxygen atoms in total. The molecule has 4 aliphatic rings. The Morgan fingerprint density at radius 1 is 1.00 bits per heavy atom. The number of nitrogens with zero attached hydrogens (tertiary/aromatic N) is 1. The summed E-state index contributed by atoms with van der Waals surface area (Å²) in [6.45, 7) is 3.96. The Morgan fingerprint density at radius 2 is 1.60 bits per heavy atom. The van der Waals surface area contributed by atoms with E-state index in [4.69, 9.17) is 0 Å². The fraction of sp³-hybridized carbons (Fsp3) is 0.923. The van der Waals surface area contributed by atoms with Gasteiger partial charge in [-0.15, -0.1) is 0 Å². The van der Waals surface area contributed by atoms with Crippen LogP contribution in [0, 0.1) is 10.8 Å². The largest absolute Gasteiger partial charge is 0.303 e. The maximum absolute atomic E-state index is 11.1. The fourth-order valence-electron chi connectivity index (χ4n) is 3.72. The highest BCUT2D eigenvalue weighted by Crippen LogP contribution is 2.56. The summed E-state index contributed by atoms with van der Waals surface area (Å²) >= 11 is 0. The van der Waals surface area contributed by atoms with Crippen LogP contribution in [0.3, 0.4) is 0 Å². The molecular weight excluding hydrogens is 186 g/mol. The molecule has 0 atom stereocenters. The van der Waals surface area contributed by atoms with Crippen molar-refractivity contribution in [3.63, 3.8) is 0 Å². The van der Waals surface area contributed by atoms with Crippen LogP contribution in [-0.2, 0) is 4.79 Å². The molecule has 84 valence electrons. The van der Waals surface area contributed by atoms with E-state index in [1.165, 1.54) is 70.9 Å². The van der Waals surface area contributed by atoms with Gasteiger partial charge in [0.05, 0.1) is 0 Å². The summed E-state index contributed by atoms with van der Waals surface area (Å²) in [6, 6.07) is 0. The first-order valence-corrected chi connectivity index (χ1v) is 6.45. The lowest BCUT2D eigenvalue weighted by Gasteiger charge is -2.53. The fourth-order valence-corrected chi connectivity index (χ4v) is 3.72. The van der Waals surface area contributed by atoms with Gasteiger partial charge in [0, 0.05) is 12.0 Å². The van der Waals surface area contributed by atoms with Gasteiger partial charge in [0.15, 0.2) is 0 Å². The van der Waals surface area contributed by atoms with Crippen LogP contribution in [-0.4, -0.2) is 30.8 Å². The van der Waals surface area contributed by atoms with Gasteiger partial charge in [0.25, 0.3) is 0 Å². The molecule has 0 unspecified atom stereocenters. The van der Waals surface area contributed by atoms with Crippen LogP contribution in [0.5, 0.6) is 0 Å². The zero-order valence-electron chi connectivity index (χ0n) is 9.50. The van der Waals surface area contributed by atoms with E-state index in [1.54, 1.807) is 0 Å². The van der Waals surface area contributed by atoms with Gasteiger partial charge in [-0.25, -0.2) is 0 Å². The predicted molar refractivity (Wildman–Crippen MR) is 59.7 cm³/mol. The minimum atomic E-state index is 0.108. The van der Waals surface area contributed by atoms with Crippen molar-refractivity contribution in [1.82, 2.24) is 4.90 Å². The molecule has 3 aliphatic carbocycles. The van der Waals surface area contributed by atoms with Crippen molar-refractivity contribution in [3.8, 4) is 0 Å². The first-order chi connectivity index (χ1) is 7.26. The summed E-state index contributed by atoms with van der Waals surface area (Å²) in [4.78, 5) is 13.7. The number of rotatable bonds is 3. The summed E-state index contributed by atoms with van der Waals surface area (Å²) in [5, 5.41) is 0. The molecule has 1 saturated heterocycles. The molecule has 0 amide bonds. The van der Waals surface area contributed by atoms with Gasteiger partial charge in [0.2, 0.25) is 0 Å². The second-order valence-corrected chi connectivity index (χ2v) is 6.11. The third-order valence-corrected chi connectivity index (χ3v) is 5.22. The maximum atomic E-state index is 11.1. The Bertz CT molecular complexity index is 245. The van der Waals surface area contributed by atoms with Gasteiger partial charge in [-0.05, 0) is 63.5 Å². The van der Waals surface area contributed by atoms with Crippen molar-refractivity contribution in [2.45, 2.75) is 44.9 Å². The highest BCUT2D eigenvalue weighted by Gasteiger charge is 2.49.